The molecule has 0 saturated carbocycles. The third-order valence-electron chi connectivity index (χ3n) is 4.80. The fourth-order valence-electron chi connectivity index (χ4n) is 3.22. The van der Waals surface area contributed by atoms with E-state index < -0.39 is 5.97 Å². The van der Waals surface area contributed by atoms with Crippen LogP contribution in [-0.2, 0) is 4.79 Å². The monoisotopic (exact) mass is 407 g/mol. The first-order valence-electron chi connectivity index (χ1n) is 10.5. The van der Waals surface area contributed by atoms with Crippen molar-refractivity contribution in [3.05, 3.63) is 30.0 Å². The summed E-state index contributed by atoms with van der Waals surface area (Å²) in [4.78, 5) is 18.3. The molecule has 1 aromatic rings. The summed E-state index contributed by atoms with van der Waals surface area (Å²) in [5.74, 6) is -0.276. The SMILES string of the molecule is CCCCC(O)CCCCCCC(Nc1ccc[nH]1)C(=CC(=O)O)CN=C(N)N. The molecule has 8 N–H and O–H groups in total. The molecule has 0 spiro atoms. The third-order valence-corrected chi connectivity index (χ3v) is 4.80. The maximum Gasteiger partial charge on any atom is 0.328 e. The molecule has 8 heteroatoms. The van der Waals surface area contributed by atoms with E-state index >= 15 is 0 Å². The Morgan fingerprint density at radius 1 is 1.21 bits per heavy atom. The number of nitrogens with two attached hydrogens (primary N) is 2. The van der Waals surface area contributed by atoms with Gasteiger partial charge in [-0.1, -0.05) is 45.4 Å². The van der Waals surface area contributed by atoms with Crippen molar-refractivity contribution in [3.8, 4) is 0 Å². The van der Waals surface area contributed by atoms with E-state index in [2.05, 4.69) is 22.2 Å². The molecule has 2 unspecified atom stereocenters. The zero-order chi connectivity index (χ0) is 21.5. The molecule has 0 saturated heterocycles. The molecule has 2 atom stereocenters. The first-order valence-corrected chi connectivity index (χ1v) is 10.5. The van der Waals surface area contributed by atoms with Crippen LogP contribution in [0.3, 0.4) is 0 Å². The Bertz CT molecular complexity index is 624. The van der Waals surface area contributed by atoms with E-state index in [-0.39, 0.29) is 24.7 Å². The number of aliphatic imine (C=N–C) groups is 1. The number of carboxylic acid groups (broad SMARTS) is 1. The van der Waals surface area contributed by atoms with Crippen molar-refractivity contribution >= 4 is 17.7 Å². The van der Waals surface area contributed by atoms with Crippen LogP contribution in [0.5, 0.6) is 0 Å². The van der Waals surface area contributed by atoms with Crippen LogP contribution in [0.15, 0.2) is 35.0 Å². The average molecular weight is 408 g/mol. The zero-order valence-corrected chi connectivity index (χ0v) is 17.4. The lowest BCUT2D eigenvalue weighted by Crippen LogP contribution is -2.27. The number of H-pyrrole nitrogens is 1. The second-order valence-corrected chi connectivity index (χ2v) is 7.37. The molecule has 0 radical (unpaired) electrons. The highest BCUT2D eigenvalue weighted by Crippen LogP contribution is 2.19. The zero-order valence-electron chi connectivity index (χ0n) is 17.4. The van der Waals surface area contributed by atoms with E-state index in [0.29, 0.717) is 5.57 Å². The lowest BCUT2D eigenvalue weighted by atomic mass is 9.98. The summed E-state index contributed by atoms with van der Waals surface area (Å²) >= 11 is 0. The second kappa shape index (κ2) is 14.5. The molecular formula is C21H37N5O3. The number of aliphatic hydroxyl groups is 1. The maximum absolute atomic E-state index is 11.3. The highest BCUT2D eigenvalue weighted by molar-refractivity contribution is 5.81. The fourth-order valence-corrected chi connectivity index (χ4v) is 3.22. The predicted molar refractivity (Wildman–Crippen MR) is 118 cm³/mol. The molecule has 29 heavy (non-hydrogen) atoms. The molecule has 0 bridgehead atoms. The Labute approximate surface area is 173 Å². The smallest absolute Gasteiger partial charge is 0.328 e. The van der Waals surface area contributed by atoms with Gasteiger partial charge in [0.2, 0.25) is 0 Å². The molecule has 0 aromatic carbocycles. The van der Waals surface area contributed by atoms with Gasteiger partial charge in [-0.05, 0) is 37.0 Å². The summed E-state index contributed by atoms with van der Waals surface area (Å²) in [6.45, 7) is 2.27. The number of guanidine groups is 1. The number of aromatic nitrogens is 1. The molecule has 0 aliphatic heterocycles. The van der Waals surface area contributed by atoms with Gasteiger partial charge in [0.15, 0.2) is 5.96 Å². The van der Waals surface area contributed by atoms with E-state index in [9.17, 15) is 15.0 Å². The van der Waals surface area contributed by atoms with Crippen LogP contribution >= 0.6 is 0 Å². The number of rotatable bonds is 16. The van der Waals surface area contributed by atoms with Gasteiger partial charge in [-0.15, -0.1) is 0 Å². The number of nitrogens with one attached hydrogen (secondary N) is 2. The minimum atomic E-state index is -1.02. The van der Waals surface area contributed by atoms with Crippen molar-refractivity contribution in [1.82, 2.24) is 4.98 Å². The highest BCUT2D eigenvalue weighted by atomic mass is 16.4. The van der Waals surface area contributed by atoms with Gasteiger partial charge in [0.05, 0.1) is 18.7 Å². The van der Waals surface area contributed by atoms with Crippen LogP contribution in [0.25, 0.3) is 0 Å². The maximum atomic E-state index is 11.3. The molecule has 0 fully saturated rings. The minimum absolute atomic E-state index is 0.0680. The third kappa shape index (κ3) is 11.8. The molecule has 8 nitrogen and oxygen atoms in total. The number of unbranched alkanes of at least 4 members (excludes halogenated alkanes) is 4. The first kappa shape index (κ1) is 24.6. The summed E-state index contributed by atoms with van der Waals surface area (Å²) < 4.78 is 0. The van der Waals surface area contributed by atoms with Crippen LogP contribution in [0, 0.1) is 0 Å². The van der Waals surface area contributed by atoms with E-state index in [1.807, 2.05) is 12.1 Å². The van der Waals surface area contributed by atoms with E-state index in [1.54, 1.807) is 6.20 Å². The van der Waals surface area contributed by atoms with Crippen molar-refractivity contribution in [2.45, 2.75) is 76.9 Å². The van der Waals surface area contributed by atoms with Crippen LogP contribution in [0.2, 0.25) is 0 Å². The molecular weight excluding hydrogens is 370 g/mol. The van der Waals surface area contributed by atoms with Crippen LogP contribution in [-0.4, -0.2) is 45.8 Å². The minimum Gasteiger partial charge on any atom is -0.478 e. The standard InChI is InChI=1S/C21H37N5O3/c1-2-3-9-17(27)10-6-4-5-7-11-18(26-19-12-8-13-24-19)16(14-20(28)29)15-25-21(22)23/h8,12-14,17-18,24,26-27H,2-7,9-11,15H2,1H3,(H,28,29)(H4,22,23,25). The topological polar surface area (TPSA) is 150 Å². The summed E-state index contributed by atoms with van der Waals surface area (Å²) in [6.07, 6.45) is 11.5. The summed E-state index contributed by atoms with van der Waals surface area (Å²) in [7, 11) is 0. The van der Waals surface area contributed by atoms with Crippen LogP contribution in [0.1, 0.15) is 64.7 Å². The Hall–Kier alpha value is -2.48. The first-order chi connectivity index (χ1) is 13.9. The van der Waals surface area contributed by atoms with Crippen molar-refractivity contribution in [3.63, 3.8) is 0 Å². The quantitative estimate of drug-likeness (QED) is 0.107. The average Bonchev–Trinajstić information content (AvgIpc) is 3.18. The van der Waals surface area contributed by atoms with E-state index in [4.69, 9.17) is 11.5 Å². The number of anilines is 1. The number of carbonyl (C=O) groups is 1. The number of hydrogen-bond acceptors (Lipinski definition) is 4. The molecule has 0 amide bonds. The van der Waals surface area contributed by atoms with Gasteiger partial charge in [0, 0.05) is 12.3 Å². The van der Waals surface area contributed by atoms with Gasteiger partial charge in [-0.3, -0.25) is 0 Å². The summed E-state index contributed by atoms with van der Waals surface area (Å²) in [5.41, 5.74) is 11.5. The molecule has 0 aliphatic carbocycles. The Morgan fingerprint density at radius 3 is 2.48 bits per heavy atom. The Kier molecular flexibility index (Phi) is 12.3. The Balaban J connectivity index is 2.58. The highest BCUT2D eigenvalue weighted by Gasteiger charge is 2.16. The summed E-state index contributed by atoms with van der Waals surface area (Å²) in [5, 5.41) is 22.5. The molecule has 0 aliphatic rings. The lowest BCUT2D eigenvalue weighted by molar-refractivity contribution is -0.131. The number of hydrogen-bond donors (Lipinski definition) is 6. The number of aliphatic carboxylic acids is 1. The van der Waals surface area contributed by atoms with Gasteiger partial charge in [0.1, 0.15) is 5.82 Å². The predicted octanol–water partition coefficient (Wildman–Crippen LogP) is 2.97. The van der Waals surface area contributed by atoms with Crippen molar-refractivity contribution in [1.29, 1.82) is 0 Å². The number of aromatic amines is 1. The lowest BCUT2D eigenvalue weighted by Gasteiger charge is -2.21. The van der Waals surface area contributed by atoms with Gasteiger partial charge in [-0.2, -0.15) is 0 Å². The molecule has 1 aromatic heterocycles. The van der Waals surface area contributed by atoms with Crippen LogP contribution in [0.4, 0.5) is 5.82 Å². The van der Waals surface area contributed by atoms with Gasteiger partial charge in [-0.25, -0.2) is 9.79 Å². The number of nitrogens with zero attached hydrogens (tertiary/aromatic N) is 1. The van der Waals surface area contributed by atoms with E-state index in [0.717, 1.165) is 63.6 Å². The molecule has 1 heterocycles. The van der Waals surface area contributed by atoms with Gasteiger partial charge < -0.3 is 32.0 Å². The van der Waals surface area contributed by atoms with Crippen LogP contribution < -0.4 is 16.8 Å². The number of carboxylic acids is 1. The van der Waals surface area contributed by atoms with Crippen molar-refractivity contribution in [2.75, 3.05) is 11.9 Å². The van der Waals surface area contributed by atoms with Gasteiger partial charge >= 0.3 is 5.97 Å². The summed E-state index contributed by atoms with van der Waals surface area (Å²) in [6, 6.07) is 3.58. The largest absolute Gasteiger partial charge is 0.478 e. The normalized spacial score (nSPS) is 13.7. The van der Waals surface area contributed by atoms with Gasteiger partial charge in [0.25, 0.3) is 0 Å². The number of aliphatic hydroxyl groups excluding tert-OH is 1. The van der Waals surface area contributed by atoms with Crippen molar-refractivity contribution < 1.29 is 15.0 Å². The fraction of sp³-hybridized carbons (Fsp3) is 0.619. The Morgan fingerprint density at radius 2 is 1.90 bits per heavy atom. The second-order valence-electron chi connectivity index (χ2n) is 7.37. The molecule has 164 valence electrons. The van der Waals surface area contributed by atoms with E-state index in [1.165, 1.54) is 6.08 Å². The van der Waals surface area contributed by atoms with Crippen molar-refractivity contribution in [2.24, 2.45) is 16.5 Å². The molecule has 1 rings (SSSR count).